The summed E-state index contributed by atoms with van der Waals surface area (Å²) >= 11 is 0. The van der Waals surface area contributed by atoms with Gasteiger partial charge in [-0.2, -0.15) is 0 Å². The molecule has 22 heavy (non-hydrogen) atoms. The van der Waals surface area contributed by atoms with Crippen molar-refractivity contribution in [3.05, 3.63) is 12.7 Å². The van der Waals surface area contributed by atoms with E-state index in [0.29, 0.717) is 25.4 Å². The fraction of sp³-hybridized carbons (Fsp3) is 0.765. The number of Topliss-reactive ketones (excluding diaryl/α,β-unsaturated/α-hetero) is 1. The second kappa shape index (κ2) is 16.3. The van der Waals surface area contributed by atoms with E-state index < -0.39 is 0 Å². The van der Waals surface area contributed by atoms with Gasteiger partial charge in [0.25, 0.3) is 0 Å². The van der Waals surface area contributed by atoms with Gasteiger partial charge in [0, 0.05) is 35.0 Å². The summed E-state index contributed by atoms with van der Waals surface area (Å²) in [4.78, 5) is 22.6. The molecule has 0 fully saturated rings. The molecule has 0 bridgehead atoms. The van der Waals surface area contributed by atoms with Gasteiger partial charge < -0.3 is 14.3 Å². The highest BCUT2D eigenvalue weighted by atomic mass is 16.5. The van der Waals surface area contributed by atoms with Crippen LogP contribution in [0.4, 0.5) is 0 Å². The molecule has 0 aromatic carbocycles. The van der Waals surface area contributed by atoms with Crippen molar-refractivity contribution in [3.63, 3.8) is 0 Å². The van der Waals surface area contributed by atoms with Gasteiger partial charge in [0.2, 0.25) is 0 Å². The summed E-state index contributed by atoms with van der Waals surface area (Å²) in [6.07, 6.45) is 8.25. The highest BCUT2D eigenvalue weighted by Crippen LogP contribution is 2.17. The number of carbonyl (C=O) groups excluding carboxylic acids is 2. The summed E-state index contributed by atoms with van der Waals surface area (Å²) in [5.74, 6) is 0.453. The first-order valence-corrected chi connectivity index (χ1v) is 7.85. The van der Waals surface area contributed by atoms with E-state index in [2.05, 4.69) is 6.58 Å². The summed E-state index contributed by atoms with van der Waals surface area (Å²) in [5, 5.41) is 0. The Hall–Kier alpha value is -1.10. The Labute approximate surface area is 137 Å². The van der Waals surface area contributed by atoms with Gasteiger partial charge >= 0.3 is 5.97 Å². The Kier molecular flexibility index (Phi) is 17.1. The summed E-state index contributed by atoms with van der Waals surface area (Å²) < 4.78 is 10.2. The molecule has 0 aliphatic rings. The molecule has 0 N–H and O–H groups in total. The first-order valence-electron chi connectivity index (χ1n) is 7.85. The molecular formula is C17H30BO4. The first kappa shape index (κ1) is 23.2. The standard InChI is InChI=1S/C17H30O4.B/c1-4-8-16(11-10-15(2)18)12-14-21-17(19)9-6-5-7-13-20-3;/h4,16H,1,5-14H2,2-3H3;. The number of ketones is 1. The molecule has 0 rings (SSSR count). The Morgan fingerprint density at radius 3 is 2.41 bits per heavy atom. The molecule has 125 valence electrons. The van der Waals surface area contributed by atoms with Crippen LogP contribution in [0.1, 0.15) is 58.3 Å². The Bertz CT molecular complexity index is 305. The lowest BCUT2D eigenvalue weighted by molar-refractivity contribution is -0.144. The minimum Gasteiger partial charge on any atom is -0.466 e. The number of methoxy groups -OCH3 is 1. The molecule has 0 aliphatic carbocycles. The average Bonchev–Trinajstić information content (AvgIpc) is 2.44. The largest absolute Gasteiger partial charge is 0.466 e. The first-order chi connectivity index (χ1) is 10.1. The molecule has 0 saturated carbocycles. The molecular weight excluding hydrogens is 279 g/mol. The number of carbonyl (C=O) groups is 2. The van der Waals surface area contributed by atoms with Crippen molar-refractivity contribution in [2.75, 3.05) is 20.3 Å². The number of esters is 1. The molecule has 0 aromatic heterocycles. The van der Waals surface area contributed by atoms with Crippen LogP contribution >= 0.6 is 0 Å². The second-order valence-corrected chi connectivity index (χ2v) is 5.44. The minimum absolute atomic E-state index is 0. The van der Waals surface area contributed by atoms with Gasteiger partial charge in [0.15, 0.2) is 0 Å². The number of hydrogen-bond acceptors (Lipinski definition) is 4. The fourth-order valence-corrected chi connectivity index (χ4v) is 2.13. The van der Waals surface area contributed by atoms with E-state index in [1.54, 1.807) is 14.0 Å². The van der Waals surface area contributed by atoms with Gasteiger partial charge in [-0.15, -0.1) is 6.58 Å². The summed E-state index contributed by atoms with van der Waals surface area (Å²) in [7, 11) is 1.68. The zero-order valence-corrected chi connectivity index (χ0v) is 14.1. The summed E-state index contributed by atoms with van der Waals surface area (Å²) in [5.41, 5.74) is 0. The molecule has 0 heterocycles. The van der Waals surface area contributed by atoms with Gasteiger partial charge in [-0.3, -0.25) is 4.79 Å². The van der Waals surface area contributed by atoms with E-state index in [9.17, 15) is 9.59 Å². The highest BCUT2D eigenvalue weighted by Gasteiger charge is 2.10. The molecule has 5 heteroatoms. The van der Waals surface area contributed by atoms with E-state index in [0.717, 1.165) is 45.1 Å². The second-order valence-electron chi connectivity index (χ2n) is 5.44. The SMILES string of the molecule is C=CCC(CCOC(=O)CCCCCOC)CCC(C)=O.[B]. The van der Waals surface area contributed by atoms with Crippen molar-refractivity contribution in [1.29, 1.82) is 0 Å². The van der Waals surface area contributed by atoms with Crippen LogP contribution in [0.15, 0.2) is 12.7 Å². The van der Waals surface area contributed by atoms with Crippen LogP contribution in [0.2, 0.25) is 0 Å². The van der Waals surface area contributed by atoms with Crippen LogP contribution in [-0.4, -0.2) is 40.5 Å². The van der Waals surface area contributed by atoms with Gasteiger partial charge in [0.1, 0.15) is 5.78 Å². The third kappa shape index (κ3) is 15.3. The van der Waals surface area contributed by atoms with Crippen LogP contribution in [0.5, 0.6) is 0 Å². The van der Waals surface area contributed by atoms with Gasteiger partial charge in [-0.05, 0) is 44.9 Å². The molecule has 1 unspecified atom stereocenters. The topological polar surface area (TPSA) is 52.6 Å². The monoisotopic (exact) mass is 309 g/mol. The van der Waals surface area contributed by atoms with E-state index >= 15 is 0 Å². The summed E-state index contributed by atoms with van der Waals surface area (Å²) in [6, 6.07) is 0. The predicted octanol–water partition coefficient (Wildman–Crippen LogP) is 3.31. The fourth-order valence-electron chi connectivity index (χ4n) is 2.13. The zero-order chi connectivity index (χ0) is 15.9. The van der Waals surface area contributed by atoms with Crippen molar-refractivity contribution in [2.24, 2.45) is 5.92 Å². The molecule has 0 saturated heterocycles. The Morgan fingerprint density at radius 2 is 1.82 bits per heavy atom. The van der Waals surface area contributed by atoms with E-state index in [4.69, 9.17) is 9.47 Å². The molecule has 0 aliphatic heterocycles. The minimum atomic E-state index is -0.128. The van der Waals surface area contributed by atoms with Crippen molar-refractivity contribution < 1.29 is 19.1 Å². The predicted molar refractivity (Wildman–Crippen MR) is 89.9 cm³/mol. The van der Waals surface area contributed by atoms with E-state index in [-0.39, 0.29) is 20.2 Å². The number of allylic oxidation sites excluding steroid dienone is 1. The molecule has 3 radical (unpaired) electrons. The normalized spacial score (nSPS) is 11.4. The van der Waals surface area contributed by atoms with Gasteiger partial charge in [0.05, 0.1) is 6.61 Å². The molecule has 1 atom stereocenters. The Balaban J connectivity index is 0. The lowest BCUT2D eigenvalue weighted by atomic mass is 9.95. The number of unbranched alkanes of at least 4 members (excludes halogenated alkanes) is 2. The van der Waals surface area contributed by atoms with Crippen LogP contribution in [0.25, 0.3) is 0 Å². The van der Waals surface area contributed by atoms with Crippen LogP contribution in [-0.2, 0) is 19.1 Å². The quantitative estimate of drug-likeness (QED) is 0.214. The maximum atomic E-state index is 11.6. The Morgan fingerprint density at radius 1 is 1.09 bits per heavy atom. The zero-order valence-electron chi connectivity index (χ0n) is 14.1. The van der Waals surface area contributed by atoms with Crippen molar-refractivity contribution in [2.45, 2.75) is 58.3 Å². The van der Waals surface area contributed by atoms with Crippen LogP contribution in [0.3, 0.4) is 0 Å². The van der Waals surface area contributed by atoms with Crippen LogP contribution in [0, 0.1) is 5.92 Å². The number of hydrogen-bond donors (Lipinski definition) is 0. The van der Waals surface area contributed by atoms with Crippen molar-refractivity contribution >= 4 is 20.2 Å². The number of ether oxygens (including phenoxy) is 2. The number of rotatable bonds is 14. The van der Waals surface area contributed by atoms with Gasteiger partial charge in [-0.1, -0.05) is 12.5 Å². The molecule has 0 spiro atoms. The van der Waals surface area contributed by atoms with E-state index in [1.165, 1.54) is 0 Å². The summed E-state index contributed by atoms with van der Waals surface area (Å²) in [6.45, 7) is 6.52. The van der Waals surface area contributed by atoms with Crippen LogP contribution < -0.4 is 0 Å². The smallest absolute Gasteiger partial charge is 0.305 e. The lowest BCUT2D eigenvalue weighted by Crippen LogP contribution is -2.11. The maximum Gasteiger partial charge on any atom is 0.305 e. The van der Waals surface area contributed by atoms with E-state index in [1.807, 2.05) is 6.08 Å². The van der Waals surface area contributed by atoms with Crippen molar-refractivity contribution in [3.8, 4) is 0 Å². The molecule has 0 amide bonds. The third-order valence-electron chi connectivity index (χ3n) is 3.42. The average molecular weight is 309 g/mol. The molecule has 4 nitrogen and oxygen atoms in total. The molecule has 0 aromatic rings. The third-order valence-corrected chi connectivity index (χ3v) is 3.42. The lowest BCUT2D eigenvalue weighted by Gasteiger charge is -2.14. The highest BCUT2D eigenvalue weighted by molar-refractivity contribution is 5.75. The maximum absolute atomic E-state index is 11.6. The van der Waals surface area contributed by atoms with Crippen molar-refractivity contribution in [1.82, 2.24) is 0 Å². The van der Waals surface area contributed by atoms with Gasteiger partial charge in [-0.25, -0.2) is 0 Å².